The number of nitrogens with zero attached hydrogens (tertiary/aromatic N) is 1. The molecule has 17 heavy (non-hydrogen) atoms. The van der Waals surface area contributed by atoms with Crippen LogP contribution in [0.15, 0.2) is 55.7 Å². The minimum Gasteiger partial charge on any atom is -0.364 e. The van der Waals surface area contributed by atoms with E-state index in [9.17, 15) is 4.79 Å². The summed E-state index contributed by atoms with van der Waals surface area (Å²) in [4.78, 5) is 12.4. The SMILES string of the molecule is C=CCN(CC=C)c1ccc(C=CC=O)cc1. The Kier molecular flexibility index (Phi) is 5.52. The van der Waals surface area contributed by atoms with E-state index in [0.29, 0.717) is 0 Å². The Morgan fingerprint density at radius 2 is 1.65 bits per heavy atom. The maximum atomic E-state index is 10.2. The molecule has 88 valence electrons. The highest BCUT2D eigenvalue weighted by Crippen LogP contribution is 2.15. The van der Waals surface area contributed by atoms with E-state index in [4.69, 9.17) is 0 Å². The van der Waals surface area contributed by atoms with Crippen molar-refractivity contribution in [3.63, 3.8) is 0 Å². The van der Waals surface area contributed by atoms with Crippen LogP contribution < -0.4 is 4.90 Å². The second-order valence-corrected chi connectivity index (χ2v) is 3.57. The molecule has 0 aliphatic heterocycles. The maximum Gasteiger partial charge on any atom is 0.142 e. The number of anilines is 1. The van der Waals surface area contributed by atoms with Gasteiger partial charge in [0.2, 0.25) is 0 Å². The van der Waals surface area contributed by atoms with Gasteiger partial charge in [0.15, 0.2) is 0 Å². The first-order valence-corrected chi connectivity index (χ1v) is 5.50. The summed E-state index contributed by atoms with van der Waals surface area (Å²) in [5.41, 5.74) is 2.13. The molecular formula is C15H17NO. The van der Waals surface area contributed by atoms with Crippen LogP contribution in [0.3, 0.4) is 0 Å². The molecule has 0 fully saturated rings. The Labute approximate surface area is 103 Å². The van der Waals surface area contributed by atoms with Crippen LogP contribution in [-0.4, -0.2) is 19.4 Å². The molecule has 2 nitrogen and oxygen atoms in total. The van der Waals surface area contributed by atoms with Gasteiger partial charge in [-0.1, -0.05) is 30.4 Å². The van der Waals surface area contributed by atoms with Crippen molar-refractivity contribution in [2.75, 3.05) is 18.0 Å². The van der Waals surface area contributed by atoms with E-state index in [-0.39, 0.29) is 0 Å². The molecule has 0 radical (unpaired) electrons. The van der Waals surface area contributed by atoms with Crippen LogP contribution in [0.1, 0.15) is 5.56 Å². The number of rotatable bonds is 7. The molecule has 0 saturated carbocycles. The third-order valence-electron chi connectivity index (χ3n) is 2.32. The Balaban J connectivity index is 2.82. The quantitative estimate of drug-likeness (QED) is 0.405. The molecule has 0 aliphatic rings. The van der Waals surface area contributed by atoms with E-state index in [1.807, 2.05) is 36.4 Å². The van der Waals surface area contributed by atoms with Crippen molar-refractivity contribution in [1.82, 2.24) is 0 Å². The summed E-state index contributed by atoms with van der Waals surface area (Å²) in [6.07, 6.45) is 7.77. The molecular weight excluding hydrogens is 210 g/mol. The zero-order chi connectivity index (χ0) is 12.5. The van der Waals surface area contributed by atoms with Crippen LogP contribution in [-0.2, 0) is 4.79 Å². The second kappa shape index (κ2) is 7.23. The number of hydrogen-bond donors (Lipinski definition) is 0. The van der Waals surface area contributed by atoms with Gasteiger partial charge in [-0.3, -0.25) is 4.79 Å². The first kappa shape index (κ1) is 13.0. The first-order valence-electron chi connectivity index (χ1n) is 5.50. The van der Waals surface area contributed by atoms with Gasteiger partial charge in [0.1, 0.15) is 6.29 Å². The fourth-order valence-electron chi connectivity index (χ4n) is 1.54. The Morgan fingerprint density at radius 3 is 2.12 bits per heavy atom. The predicted molar refractivity (Wildman–Crippen MR) is 74.1 cm³/mol. The summed E-state index contributed by atoms with van der Waals surface area (Å²) in [5, 5.41) is 0. The van der Waals surface area contributed by atoms with Crippen molar-refractivity contribution in [2.24, 2.45) is 0 Å². The van der Waals surface area contributed by atoms with E-state index in [2.05, 4.69) is 18.1 Å². The van der Waals surface area contributed by atoms with Gasteiger partial charge in [0, 0.05) is 18.8 Å². The largest absolute Gasteiger partial charge is 0.364 e. The van der Waals surface area contributed by atoms with Crippen molar-refractivity contribution in [3.8, 4) is 0 Å². The van der Waals surface area contributed by atoms with Crippen LogP contribution in [0.5, 0.6) is 0 Å². The molecule has 2 heteroatoms. The molecule has 1 rings (SSSR count). The summed E-state index contributed by atoms with van der Waals surface area (Å²) in [5.74, 6) is 0. The normalized spacial score (nSPS) is 10.1. The summed E-state index contributed by atoms with van der Waals surface area (Å²) < 4.78 is 0. The number of carbonyl (C=O) groups is 1. The van der Waals surface area contributed by atoms with Crippen LogP contribution in [0.4, 0.5) is 5.69 Å². The zero-order valence-electron chi connectivity index (χ0n) is 9.88. The average Bonchev–Trinajstić information content (AvgIpc) is 2.37. The highest BCUT2D eigenvalue weighted by molar-refractivity contribution is 5.74. The highest BCUT2D eigenvalue weighted by atomic mass is 16.1. The predicted octanol–water partition coefficient (Wildman–Crippen LogP) is 3.08. The minimum atomic E-state index is 0.773. The molecule has 1 aromatic rings. The molecule has 0 spiro atoms. The number of allylic oxidation sites excluding steroid dienone is 1. The smallest absolute Gasteiger partial charge is 0.142 e. The first-order chi connectivity index (χ1) is 8.31. The van der Waals surface area contributed by atoms with Crippen molar-refractivity contribution in [1.29, 1.82) is 0 Å². The fraction of sp³-hybridized carbons (Fsp3) is 0.133. The van der Waals surface area contributed by atoms with E-state index >= 15 is 0 Å². The maximum absolute atomic E-state index is 10.2. The number of hydrogen-bond acceptors (Lipinski definition) is 2. The van der Waals surface area contributed by atoms with Crippen molar-refractivity contribution in [2.45, 2.75) is 0 Å². The van der Waals surface area contributed by atoms with E-state index in [0.717, 1.165) is 30.6 Å². The van der Waals surface area contributed by atoms with Crippen molar-refractivity contribution < 1.29 is 4.79 Å². The Hall–Kier alpha value is -2.09. The molecule has 0 bridgehead atoms. The lowest BCUT2D eigenvalue weighted by atomic mass is 10.2. The van der Waals surface area contributed by atoms with Gasteiger partial charge in [-0.15, -0.1) is 13.2 Å². The topological polar surface area (TPSA) is 20.3 Å². The molecule has 0 atom stereocenters. The van der Waals surface area contributed by atoms with Gasteiger partial charge in [-0.05, 0) is 23.8 Å². The summed E-state index contributed by atoms with van der Waals surface area (Å²) in [6, 6.07) is 8.01. The minimum absolute atomic E-state index is 0.773. The lowest BCUT2D eigenvalue weighted by Crippen LogP contribution is -2.22. The molecule has 0 amide bonds. The Morgan fingerprint density at radius 1 is 1.06 bits per heavy atom. The van der Waals surface area contributed by atoms with Crippen molar-refractivity contribution >= 4 is 18.0 Å². The third kappa shape index (κ3) is 4.11. The van der Waals surface area contributed by atoms with Crippen LogP contribution >= 0.6 is 0 Å². The molecule has 0 saturated heterocycles. The lowest BCUT2D eigenvalue weighted by Gasteiger charge is -2.21. The molecule has 0 unspecified atom stereocenters. The number of carbonyl (C=O) groups excluding carboxylic acids is 1. The lowest BCUT2D eigenvalue weighted by molar-refractivity contribution is -0.104. The molecule has 0 heterocycles. The standard InChI is InChI=1S/C15H17NO/c1-3-11-16(12-4-2)15-9-7-14(8-10-15)6-5-13-17/h3-10,13H,1-2,11-12H2. The Bertz CT molecular complexity index is 393. The van der Waals surface area contributed by atoms with Crippen LogP contribution in [0.25, 0.3) is 6.08 Å². The van der Waals surface area contributed by atoms with E-state index in [1.165, 1.54) is 6.08 Å². The van der Waals surface area contributed by atoms with Gasteiger partial charge < -0.3 is 4.90 Å². The van der Waals surface area contributed by atoms with Gasteiger partial charge in [-0.25, -0.2) is 0 Å². The van der Waals surface area contributed by atoms with Crippen LogP contribution in [0.2, 0.25) is 0 Å². The fourth-order valence-corrected chi connectivity index (χ4v) is 1.54. The van der Waals surface area contributed by atoms with E-state index in [1.54, 1.807) is 6.08 Å². The summed E-state index contributed by atoms with van der Waals surface area (Å²) >= 11 is 0. The molecule has 0 N–H and O–H groups in total. The molecule has 0 aliphatic carbocycles. The number of benzene rings is 1. The summed E-state index contributed by atoms with van der Waals surface area (Å²) in [6.45, 7) is 9.06. The molecule has 1 aromatic carbocycles. The summed E-state index contributed by atoms with van der Waals surface area (Å²) in [7, 11) is 0. The highest BCUT2D eigenvalue weighted by Gasteiger charge is 2.01. The third-order valence-corrected chi connectivity index (χ3v) is 2.32. The monoisotopic (exact) mass is 227 g/mol. The van der Waals surface area contributed by atoms with E-state index < -0.39 is 0 Å². The zero-order valence-corrected chi connectivity index (χ0v) is 9.88. The van der Waals surface area contributed by atoms with Gasteiger partial charge >= 0.3 is 0 Å². The van der Waals surface area contributed by atoms with Gasteiger partial charge in [0.25, 0.3) is 0 Å². The van der Waals surface area contributed by atoms with Gasteiger partial charge in [-0.2, -0.15) is 0 Å². The van der Waals surface area contributed by atoms with Crippen LogP contribution in [0, 0.1) is 0 Å². The number of aldehydes is 1. The van der Waals surface area contributed by atoms with Gasteiger partial charge in [0.05, 0.1) is 0 Å². The average molecular weight is 227 g/mol. The second-order valence-electron chi connectivity index (χ2n) is 3.57. The molecule has 0 aromatic heterocycles. The van der Waals surface area contributed by atoms with Crippen molar-refractivity contribution in [3.05, 3.63) is 61.2 Å².